The van der Waals surface area contributed by atoms with Crippen LogP contribution in [0.5, 0.6) is 0 Å². The highest BCUT2D eigenvalue weighted by Gasteiger charge is 2.23. The van der Waals surface area contributed by atoms with E-state index in [0.717, 1.165) is 56.6 Å². The molecule has 37 heavy (non-hydrogen) atoms. The number of piperidine rings is 1. The van der Waals surface area contributed by atoms with Crippen molar-refractivity contribution in [2.45, 2.75) is 114 Å². The van der Waals surface area contributed by atoms with Crippen molar-refractivity contribution in [3.63, 3.8) is 0 Å². The van der Waals surface area contributed by atoms with E-state index in [1.54, 1.807) is 7.11 Å². The molecule has 0 aromatic carbocycles. The molecule has 1 saturated carbocycles. The molecule has 7 heteroatoms. The minimum atomic E-state index is -0.667. The first-order valence-corrected chi connectivity index (χ1v) is 14.3. The second-order valence-corrected chi connectivity index (χ2v) is 9.99. The fourth-order valence-corrected chi connectivity index (χ4v) is 2.68. The van der Waals surface area contributed by atoms with E-state index in [0.29, 0.717) is 11.5 Å². The van der Waals surface area contributed by atoms with Gasteiger partial charge in [-0.05, 0) is 72.5 Å². The molecule has 3 rings (SSSR count). The average molecular weight is 529 g/mol. The summed E-state index contributed by atoms with van der Waals surface area (Å²) >= 11 is 0. The normalized spacial score (nSPS) is 14.3. The Kier molecular flexibility index (Phi) is 28.1. The number of rotatable bonds is 4. The van der Waals surface area contributed by atoms with Gasteiger partial charge in [0.05, 0.1) is 11.9 Å². The first kappa shape index (κ1) is 39.9. The molecule has 2 heterocycles. The Morgan fingerprint density at radius 1 is 1.05 bits per heavy atom. The summed E-state index contributed by atoms with van der Waals surface area (Å²) in [6.45, 7) is 22.8. The molecule has 1 aromatic heterocycles. The Hall–Kier alpha value is -1.60. The van der Waals surface area contributed by atoms with Crippen molar-refractivity contribution >= 4 is 5.91 Å². The SMILES string of the molecule is CC.CC(C)F.CC1CC1.CCC.CCOC.Cc1nc(CN(C)C)cc(C(=O)N2CCC(C)CC2)n1. The van der Waals surface area contributed by atoms with Crippen LogP contribution in [0.25, 0.3) is 0 Å². The molecule has 2 fully saturated rings. The molecule has 1 amide bonds. The summed E-state index contributed by atoms with van der Waals surface area (Å²) in [6, 6.07) is 1.83. The number of aryl methyl sites for hydroxylation is 1. The molecular formula is C30H61FN4O2. The van der Waals surface area contributed by atoms with Gasteiger partial charge in [0.15, 0.2) is 0 Å². The first-order chi connectivity index (χ1) is 17.4. The largest absolute Gasteiger partial charge is 0.385 e. The lowest BCUT2D eigenvalue weighted by molar-refractivity contribution is 0.0690. The van der Waals surface area contributed by atoms with E-state index in [9.17, 15) is 9.18 Å². The summed E-state index contributed by atoms with van der Waals surface area (Å²) in [5.41, 5.74) is 1.43. The van der Waals surface area contributed by atoms with Gasteiger partial charge in [0.1, 0.15) is 11.5 Å². The third-order valence-corrected chi connectivity index (χ3v) is 4.81. The van der Waals surface area contributed by atoms with Gasteiger partial charge in [0.25, 0.3) is 5.91 Å². The molecule has 0 spiro atoms. The van der Waals surface area contributed by atoms with E-state index in [1.165, 1.54) is 33.1 Å². The van der Waals surface area contributed by atoms with Gasteiger partial charge in [-0.2, -0.15) is 0 Å². The molecule has 1 aliphatic carbocycles. The summed E-state index contributed by atoms with van der Waals surface area (Å²) in [7, 11) is 5.66. The second kappa shape index (κ2) is 26.0. The van der Waals surface area contributed by atoms with Crippen molar-refractivity contribution < 1.29 is 13.9 Å². The molecule has 0 bridgehead atoms. The van der Waals surface area contributed by atoms with Crippen molar-refractivity contribution in [3.8, 4) is 0 Å². The molecular weight excluding hydrogens is 467 g/mol. The molecule has 6 nitrogen and oxygen atoms in total. The van der Waals surface area contributed by atoms with Gasteiger partial charge in [-0.1, -0.05) is 60.8 Å². The van der Waals surface area contributed by atoms with E-state index >= 15 is 0 Å². The van der Waals surface area contributed by atoms with Crippen LogP contribution in [0.1, 0.15) is 116 Å². The van der Waals surface area contributed by atoms with Gasteiger partial charge in [-0.25, -0.2) is 14.4 Å². The van der Waals surface area contributed by atoms with Crippen molar-refractivity contribution in [2.75, 3.05) is 40.9 Å². The maximum atomic E-state index is 12.5. The molecule has 220 valence electrons. The van der Waals surface area contributed by atoms with Gasteiger partial charge in [0, 0.05) is 33.4 Å². The number of nitrogens with zero attached hydrogens (tertiary/aromatic N) is 4. The first-order valence-electron chi connectivity index (χ1n) is 14.3. The third kappa shape index (κ3) is 27.3. The Bertz CT molecular complexity index is 640. The van der Waals surface area contributed by atoms with Crippen molar-refractivity contribution in [2.24, 2.45) is 11.8 Å². The van der Waals surface area contributed by atoms with Crippen molar-refractivity contribution in [1.82, 2.24) is 19.8 Å². The molecule has 1 saturated heterocycles. The molecule has 0 unspecified atom stereocenters. The lowest BCUT2D eigenvalue weighted by atomic mass is 9.99. The van der Waals surface area contributed by atoms with Crippen LogP contribution in [0, 0.1) is 18.8 Å². The van der Waals surface area contributed by atoms with Gasteiger partial charge in [-0.15, -0.1) is 0 Å². The number of aromatic nitrogens is 2. The lowest BCUT2D eigenvalue weighted by Crippen LogP contribution is -2.38. The highest BCUT2D eigenvalue weighted by atomic mass is 19.1. The summed E-state index contributed by atoms with van der Waals surface area (Å²) < 4.78 is 15.5. The highest BCUT2D eigenvalue weighted by Crippen LogP contribution is 2.26. The minimum Gasteiger partial charge on any atom is -0.385 e. The zero-order chi connectivity index (χ0) is 29.4. The van der Waals surface area contributed by atoms with Crippen LogP contribution < -0.4 is 0 Å². The van der Waals surface area contributed by atoms with Crippen LogP contribution in [-0.2, 0) is 11.3 Å². The van der Waals surface area contributed by atoms with Crippen molar-refractivity contribution in [3.05, 3.63) is 23.3 Å². The quantitative estimate of drug-likeness (QED) is 0.403. The van der Waals surface area contributed by atoms with E-state index < -0.39 is 6.17 Å². The Morgan fingerprint density at radius 2 is 1.46 bits per heavy atom. The van der Waals surface area contributed by atoms with Crippen LogP contribution in [0.4, 0.5) is 4.39 Å². The van der Waals surface area contributed by atoms with E-state index in [1.807, 2.05) is 57.7 Å². The topological polar surface area (TPSA) is 58.6 Å². The Labute approximate surface area is 229 Å². The van der Waals surface area contributed by atoms with Gasteiger partial charge in [0.2, 0.25) is 0 Å². The Morgan fingerprint density at radius 3 is 1.78 bits per heavy atom. The fraction of sp³-hybridized carbons (Fsp3) is 0.833. The Balaban J connectivity index is -0.000000553. The van der Waals surface area contributed by atoms with E-state index in [2.05, 4.69) is 42.4 Å². The molecule has 0 radical (unpaired) electrons. The summed E-state index contributed by atoms with van der Waals surface area (Å²) in [6.07, 6.45) is 5.72. The molecule has 1 aliphatic heterocycles. The van der Waals surface area contributed by atoms with Crippen LogP contribution in [0.15, 0.2) is 6.07 Å². The number of hydrogen-bond donors (Lipinski definition) is 0. The number of carbonyl (C=O) groups is 1. The lowest BCUT2D eigenvalue weighted by Gasteiger charge is -2.30. The van der Waals surface area contributed by atoms with Crippen molar-refractivity contribution in [1.29, 1.82) is 0 Å². The number of likely N-dealkylation sites (tertiary alicyclic amines) is 1. The van der Waals surface area contributed by atoms with E-state index in [-0.39, 0.29) is 5.91 Å². The van der Waals surface area contributed by atoms with Gasteiger partial charge >= 0.3 is 0 Å². The second-order valence-electron chi connectivity index (χ2n) is 9.99. The number of ether oxygens (including phenoxy) is 1. The third-order valence-electron chi connectivity index (χ3n) is 4.81. The standard InChI is InChI=1S/C15H24N4O.C4H8.C3H7F.C3H8O.C3H8.C2H6/c1-11-5-7-19(8-6-11)15(20)14-9-13(10-18(3)4)16-12(2)17-14;1-4-2-3-4;1-3(2)4;1-3-4-2;1-3-2;1-2/h9,11H,5-8,10H2,1-4H3;4H,2-3H2,1H3;3H,1-2H3;3H2,1-2H3;3H2,1-2H3;1-2H3. The van der Waals surface area contributed by atoms with Crippen LogP contribution in [0.2, 0.25) is 0 Å². The number of halogens is 1. The van der Waals surface area contributed by atoms with E-state index in [4.69, 9.17) is 0 Å². The number of amides is 1. The highest BCUT2D eigenvalue weighted by molar-refractivity contribution is 5.92. The summed E-state index contributed by atoms with van der Waals surface area (Å²) in [5.74, 6) is 2.51. The van der Waals surface area contributed by atoms with Crippen LogP contribution in [-0.4, -0.2) is 72.7 Å². The molecule has 0 atom stereocenters. The smallest absolute Gasteiger partial charge is 0.272 e. The molecule has 0 N–H and O–H groups in total. The number of methoxy groups -OCH3 is 1. The zero-order valence-corrected chi connectivity index (χ0v) is 26.7. The zero-order valence-electron chi connectivity index (χ0n) is 26.7. The predicted octanol–water partition coefficient (Wildman–Crippen LogP) is 7.59. The maximum absolute atomic E-state index is 12.5. The number of alkyl halides is 1. The molecule has 1 aromatic rings. The monoisotopic (exact) mass is 528 g/mol. The van der Waals surface area contributed by atoms with Crippen LogP contribution >= 0.6 is 0 Å². The fourth-order valence-electron chi connectivity index (χ4n) is 2.68. The van der Waals surface area contributed by atoms with Gasteiger partial charge in [-0.3, -0.25) is 4.79 Å². The number of hydrogen-bond acceptors (Lipinski definition) is 5. The average Bonchev–Trinajstić information content (AvgIpc) is 3.62. The minimum absolute atomic E-state index is 0.0439. The maximum Gasteiger partial charge on any atom is 0.272 e. The van der Waals surface area contributed by atoms with Crippen LogP contribution in [0.3, 0.4) is 0 Å². The summed E-state index contributed by atoms with van der Waals surface area (Å²) in [4.78, 5) is 25.2. The summed E-state index contributed by atoms with van der Waals surface area (Å²) in [5, 5.41) is 0. The molecule has 2 aliphatic rings. The predicted molar refractivity (Wildman–Crippen MR) is 158 cm³/mol. The number of carbonyl (C=O) groups excluding carboxylic acids is 1. The van der Waals surface area contributed by atoms with Gasteiger partial charge < -0.3 is 14.5 Å².